The molecule has 0 radical (unpaired) electrons. The molecule has 0 aromatic rings. The van der Waals surface area contributed by atoms with Crippen molar-refractivity contribution in [3.05, 3.63) is 0 Å². The fourth-order valence-electron chi connectivity index (χ4n) is 2.95. The Morgan fingerprint density at radius 1 is 1.25 bits per heavy atom. The van der Waals surface area contributed by atoms with Crippen molar-refractivity contribution in [3.63, 3.8) is 0 Å². The molecule has 3 atom stereocenters. The maximum absolute atomic E-state index is 12.0. The van der Waals surface area contributed by atoms with Crippen LogP contribution in [0.15, 0.2) is 0 Å². The van der Waals surface area contributed by atoms with E-state index in [2.05, 4.69) is 4.72 Å². The van der Waals surface area contributed by atoms with Gasteiger partial charge in [0.15, 0.2) is 9.84 Å². The summed E-state index contributed by atoms with van der Waals surface area (Å²) in [6.45, 7) is 0.0792. The van der Waals surface area contributed by atoms with E-state index >= 15 is 0 Å². The molecule has 7 nitrogen and oxygen atoms in total. The zero-order chi connectivity index (χ0) is 15.0. The Balaban J connectivity index is 1.95. The second-order valence-corrected chi connectivity index (χ2v) is 9.83. The quantitative estimate of drug-likeness (QED) is 0.710. The van der Waals surface area contributed by atoms with Crippen LogP contribution in [0.3, 0.4) is 0 Å². The van der Waals surface area contributed by atoms with E-state index in [1.807, 2.05) is 0 Å². The highest BCUT2D eigenvalue weighted by Gasteiger charge is 2.39. The van der Waals surface area contributed by atoms with Crippen LogP contribution >= 0.6 is 0 Å². The molecular weight excluding hydrogens is 306 g/mol. The molecule has 20 heavy (non-hydrogen) atoms. The molecule has 0 bridgehead atoms. The number of nitrogens with one attached hydrogen (secondary N) is 1. The van der Waals surface area contributed by atoms with Crippen LogP contribution in [-0.2, 0) is 24.7 Å². The molecule has 1 aliphatic carbocycles. The Morgan fingerprint density at radius 3 is 2.50 bits per heavy atom. The average molecular weight is 325 g/mol. The molecule has 116 valence electrons. The predicted molar refractivity (Wildman–Crippen MR) is 72.4 cm³/mol. The lowest BCUT2D eigenvalue weighted by Crippen LogP contribution is -2.39. The molecule has 1 heterocycles. The van der Waals surface area contributed by atoms with Crippen molar-refractivity contribution >= 4 is 25.8 Å². The summed E-state index contributed by atoms with van der Waals surface area (Å²) in [7, 11) is -6.94. The van der Waals surface area contributed by atoms with Gasteiger partial charge in [-0.3, -0.25) is 4.79 Å². The third-order valence-electron chi connectivity index (χ3n) is 4.15. The second kappa shape index (κ2) is 5.61. The number of rotatable bonds is 5. The first-order valence-corrected chi connectivity index (χ1v) is 10.00. The third kappa shape index (κ3) is 3.50. The Hall–Kier alpha value is -0.670. The number of carboxylic acid groups (broad SMARTS) is 1. The highest BCUT2D eigenvalue weighted by Crippen LogP contribution is 2.31. The highest BCUT2D eigenvalue weighted by molar-refractivity contribution is 7.95. The smallest absolute Gasteiger partial charge is 0.306 e. The SMILES string of the molecule is O=C(O)C1CCCC1CNS(=O)(=O)C1CCS(=O)(=O)C1. The minimum Gasteiger partial charge on any atom is -0.481 e. The number of sulfone groups is 1. The molecular formula is C11H19NO6S2. The normalized spacial score (nSPS) is 33.3. The molecule has 2 aliphatic rings. The van der Waals surface area contributed by atoms with Gasteiger partial charge in [0.2, 0.25) is 10.0 Å². The van der Waals surface area contributed by atoms with Crippen molar-refractivity contribution in [1.29, 1.82) is 0 Å². The van der Waals surface area contributed by atoms with Crippen molar-refractivity contribution in [2.75, 3.05) is 18.1 Å². The molecule has 2 rings (SSSR count). The van der Waals surface area contributed by atoms with Crippen LogP contribution in [0.25, 0.3) is 0 Å². The van der Waals surface area contributed by atoms with E-state index in [4.69, 9.17) is 5.11 Å². The van der Waals surface area contributed by atoms with E-state index in [0.29, 0.717) is 12.8 Å². The average Bonchev–Trinajstić information content (AvgIpc) is 2.92. The zero-order valence-electron chi connectivity index (χ0n) is 11.0. The second-order valence-electron chi connectivity index (χ2n) is 5.55. The largest absolute Gasteiger partial charge is 0.481 e. The minimum atomic E-state index is -3.69. The van der Waals surface area contributed by atoms with Crippen LogP contribution in [0.4, 0.5) is 0 Å². The molecule has 1 aliphatic heterocycles. The van der Waals surface area contributed by atoms with Gasteiger partial charge in [0.05, 0.1) is 22.7 Å². The van der Waals surface area contributed by atoms with E-state index in [1.54, 1.807) is 0 Å². The van der Waals surface area contributed by atoms with Crippen molar-refractivity contribution in [2.45, 2.75) is 30.9 Å². The van der Waals surface area contributed by atoms with Gasteiger partial charge >= 0.3 is 5.97 Å². The molecule has 1 saturated carbocycles. The van der Waals surface area contributed by atoms with Crippen molar-refractivity contribution < 1.29 is 26.7 Å². The number of aliphatic carboxylic acids is 1. The summed E-state index contributed by atoms with van der Waals surface area (Å²) in [5, 5.41) is 8.13. The summed E-state index contributed by atoms with van der Waals surface area (Å²) < 4.78 is 49.1. The lowest BCUT2D eigenvalue weighted by atomic mass is 9.97. The summed E-state index contributed by atoms with van der Waals surface area (Å²) in [6.07, 6.45) is 2.15. The van der Waals surface area contributed by atoms with Gasteiger partial charge in [-0.05, 0) is 25.2 Å². The Labute approximate surface area is 118 Å². The molecule has 2 fully saturated rings. The number of sulfonamides is 1. The molecule has 2 N–H and O–H groups in total. The molecule has 1 saturated heterocycles. The van der Waals surface area contributed by atoms with E-state index < -0.39 is 37.0 Å². The van der Waals surface area contributed by atoms with E-state index in [0.717, 1.165) is 6.42 Å². The van der Waals surface area contributed by atoms with Crippen molar-refractivity contribution in [3.8, 4) is 0 Å². The topological polar surface area (TPSA) is 118 Å². The van der Waals surface area contributed by atoms with Gasteiger partial charge < -0.3 is 5.11 Å². The number of hydrogen-bond acceptors (Lipinski definition) is 5. The van der Waals surface area contributed by atoms with Crippen LogP contribution in [-0.4, -0.2) is 51.2 Å². The zero-order valence-corrected chi connectivity index (χ0v) is 12.6. The number of carbonyl (C=O) groups is 1. The van der Waals surface area contributed by atoms with E-state index in [9.17, 15) is 21.6 Å². The predicted octanol–water partition coefficient (Wildman–Crippen LogP) is -0.406. The number of carboxylic acids is 1. The Morgan fingerprint density at radius 2 is 1.95 bits per heavy atom. The van der Waals surface area contributed by atoms with Crippen molar-refractivity contribution in [1.82, 2.24) is 4.72 Å². The van der Waals surface area contributed by atoms with Crippen LogP contribution in [0.5, 0.6) is 0 Å². The molecule has 0 spiro atoms. The summed E-state index contributed by atoms with van der Waals surface area (Å²) in [6, 6.07) is 0. The lowest BCUT2D eigenvalue weighted by molar-refractivity contribution is -0.142. The van der Waals surface area contributed by atoms with Crippen molar-refractivity contribution in [2.24, 2.45) is 11.8 Å². The maximum atomic E-state index is 12.0. The van der Waals surface area contributed by atoms with Gasteiger partial charge in [-0.1, -0.05) is 6.42 Å². The highest BCUT2D eigenvalue weighted by atomic mass is 32.2. The molecule has 0 aromatic heterocycles. The van der Waals surface area contributed by atoms with Crippen LogP contribution in [0, 0.1) is 11.8 Å². The van der Waals surface area contributed by atoms with Crippen LogP contribution < -0.4 is 4.72 Å². The Bertz CT molecular complexity index is 582. The summed E-state index contributed by atoms with van der Waals surface area (Å²) in [5.74, 6) is -2.05. The maximum Gasteiger partial charge on any atom is 0.306 e. The van der Waals surface area contributed by atoms with E-state index in [1.165, 1.54) is 0 Å². The monoisotopic (exact) mass is 325 g/mol. The lowest BCUT2D eigenvalue weighted by Gasteiger charge is -2.18. The first-order valence-electron chi connectivity index (χ1n) is 6.63. The van der Waals surface area contributed by atoms with Gasteiger partial charge in [-0.15, -0.1) is 0 Å². The fraction of sp³-hybridized carbons (Fsp3) is 0.909. The third-order valence-corrected chi connectivity index (χ3v) is 7.98. The summed E-state index contributed by atoms with van der Waals surface area (Å²) in [5.41, 5.74) is 0. The standard InChI is InChI=1S/C11H19NO6S2/c13-11(14)10-3-1-2-8(10)6-12-20(17,18)9-4-5-19(15,16)7-9/h8-10,12H,1-7H2,(H,13,14). The number of hydrogen-bond donors (Lipinski definition) is 2. The van der Waals surface area contributed by atoms with Gasteiger partial charge in [-0.25, -0.2) is 21.6 Å². The first kappa shape index (κ1) is 15.7. The van der Waals surface area contributed by atoms with Gasteiger partial charge in [-0.2, -0.15) is 0 Å². The molecule has 3 unspecified atom stereocenters. The van der Waals surface area contributed by atoms with E-state index in [-0.39, 0.29) is 30.4 Å². The Kier molecular flexibility index (Phi) is 4.41. The molecule has 0 amide bonds. The van der Waals surface area contributed by atoms with Gasteiger partial charge in [0.1, 0.15) is 0 Å². The molecule has 9 heteroatoms. The fourth-order valence-corrected chi connectivity index (χ4v) is 7.09. The van der Waals surface area contributed by atoms with Gasteiger partial charge in [0.25, 0.3) is 0 Å². The van der Waals surface area contributed by atoms with Crippen LogP contribution in [0.2, 0.25) is 0 Å². The molecule has 0 aromatic carbocycles. The first-order chi connectivity index (χ1) is 9.21. The summed E-state index contributed by atoms with van der Waals surface area (Å²) >= 11 is 0. The minimum absolute atomic E-state index is 0.0792. The summed E-state index contributed by atoms with van der Waals surface area (Å²) in [4.78, 5) is 11.0. The van der Waals surface area contributed by atoms with Crippen LogP contribution in [0.1, 0.15) is 25.7 Å². The van der Waals surface area contributed by atoms with Gasteiger partial charge in [0, 0.05) is 6.54 Å².